The highest BCUT2D eigenvalue weighted by molar-refractivity contribution is 7.18. The first kappa shape index (κ1) is 19.3. The van der Waals surface area contributed by atoms with E-state index in [4.69, 9.17) is 0 Å². The quantitative estimate of drug-likeness (QED) is 0.691. The minimum Gasteiger partial charge on any atom is -0.309 e. The zero-order valence-electron chi connectivity index (χ0n) is 17.2. The third kappa shape index (κ3) is 3.65. The molecule has 7 heteroatoms. The van der Waals surface area contributed by atoms with Gasteiger partial charge in [0.05, 0.1) is 17.9 Å². The van der Waals surface area contributed by atoms with E-state index in [-0.39, 0.29) is 5.56 Å². The Morgan fingerprint density at radius 3 is 2.93 bits per heavy atom. The molecule has 0 saturated carbocycles. The second kappa shape index (κ2) is 7.79. The van der Waals surface area contributed by atoms with E-state index in [0.29, 0.717) is 12.0 Å². The van der Waals surface area contributed by atoms with Gasteiger partial charge in [-0.25, -0.2) is 4.98 Å². The summed E-state index contributed by atoms with van der Waals surface area (Å²) in [5, 5.41) is 8.88. The van der Waals surface area contributed by atoms with Crippen molar-refractivity contribution < 1.29 is 0 Å². The molecule has 4 rings (SSSR count). The summed E-state index contributed by atoms with van der Waals surface area (Å²) in [6, 6.07) is 0.434. The topological polar surface area (TPSA) is 64.7 Å². The molecule has 0 aromatic carbocycles. The van der Waals surface area contributed by atoms with Gasteiger partial charge in [-0.3, -0.25) is 14.0 Å². The standard InChI is InChI=1S/C21H29N5OS/c1-13(2)7-8-26-12-23-20-19(21(26)27)17-6-5-16(9-18(17)28-20)22-10-15-11-24-25(4)14(15)3/h11-13,16,22H,5-10H2,1-4H3. The van der Waals surface area contributed by atoms with E-state index < -0.39 is 0 Å². The van der Waals surface area contributed by atoms with Gasteiger partial charge in [-0.15, -0.1) is 11.3 Å². The number of aryl methyl sites for hydroxylation is 3. The summed E-state index contributed by atoms with van der Waals surface area (Å²) in [4.78, 5) is 19.8. The Balaban J connectivity index is 1.52. The van der Waals surface area contributed by atoms with Crippen LogP contribution in [0.15, 0.2) is 17.3 Å². The van der Waals surface area contributed by atoms with E-state index in [1.807, 2.05) is 17.9 Å². The molecule has 6 nitrogen and oxygen atoms in total. The molecule has 1 atom stereocenters. The Morgan fingerprint density at radius 2 is 2.21 bits per heavy atom. The van der Waals surface area contributed by atoms with Crippen LogP contribution in [0.3, 0.4) is 0 Å². The Hall–Kier alpha value is -1.99. The number of hydrogen-bond acceptors (Lipinski definition) is 5. The fraction of sp³-hybridized carbons (Fsp3) is 0.571. The summed E-state index contributed by atoms with van der Waals surface area (Å²) in [5.41, 5.74) is 3.84. The summed E-state index contributed by atoms with van der Waals surface area (Å²) >= 11 is 1.70. The van der Waals surface area contributed by atoms with Crippen LogP contribution >= 0.6 is 11.3 Å². The first-order valence-electron chi connectivity index (χ1n) is 10.1. The lowest BCUT2D eigenvalue weighted by Crippen LogP contribution is -2.34. The van der Waals surface area contributed by atoms with E-state index in [1.54, 1.807) is 22.2 Å². The third-order valence-electron chi connectivity index (χ3n) is 5.90. The van der Waals surface area contributed by atoms with Crippen molar-refractivity contribution in [3.8, 4) is 0 Å². The normalized spacial score (nSPS) is 16.8. The zero-order chi connectivity index (χ0) is 19.8. The van der Waals surface area contributed by atoms with E-state index >= 15 is 0 Å². The lowest BCUT2D eigenvalue weighted by Gasteiger charge is -2.23. The predicted octanol–water partition coefficient (Wildman–Crippen LogP) is 3.19. The molecule has 0 saturated heterocycles. The van der Waals surface area contributed by atoms with Crippen molar-refractivity contribution in [1.29, 1.82) is 0 Å². The van der Waals surface area contributed by atoms with Crippen molar-refractivity contribution in [3.05, 3.63) is 44.6 Å². The van der Waals surface area contributed by atoms with Crippen LogP contribution in [0.2, 0.25) is 0 Å². The number of nitrogens with zero attached hydrogens (tertiary/aromatic N) is 4. The molecule has 28 heavy (non-hydrogen) atoms. The number of aromatic nitrogens is 4. The van der Waals surface area contributed by atoms with Crippen molar-refractivity contribution in [3.63, 3.8) is 0 Å². The molecule has 3 aromatic rings. The molecule has 0 spiro atoms. The molecule has 1 N–H and O–H groups in total. The fourth-order valence-electron chi connectivity index (χ4n) is 3.90. The molecular weight excluding hydrogens is 370 g/mol. The van der Waals surface area contributed by atoms with Crippen molar-refractivity contribution in [2.24, 2.45) is 13.0 Å². The Morgan fingerprint density at radius 1 is 1.39 bits per heavy atom. The molecule has 0 fully saturated rings. The lowest BCUT2D eigenvalue weighted by molar-refractivity contribution is 0.462. The molecule has 1 aliphatic carbocycles. The van der Waals surface area contributed by atoms with Crippen LogP contribution in [-0.2, 0) is 33.0 Å². The van der Waals surface area contributed by atoms with Gasteiger partial charge in [-0.2, -0.15) is 5.10 Å². The molecule has 150 valence electrons. The molecule has 0 bridgehead atoms. The van der Waals surface area contributed by atoms with Crippen LogP contribution in [0.25, 0.3) is 10.2 Å². The zero-order valence-corrected chi connectivity index (χ0v) is 18.0. The summed E-state index contributed by atoms with van der Waals surface area (Å²) in [5.74, 6) is 0.578. The maximum absolute atomic E-state index is 13.0. The van der Waals surface area contributed by atoms with Gasteiger partial charge in [0.1, 0.15) is 4.83 Å². The minimum absolute atomic E-state index is 0.139. The highest BCUT2D eigenvalue weighted by Crippen LogP contribution is 2.33. The van der Waals surface area contributed by atoms with Gasteiger partial charge < -0.3 is 5.32 Å². The Kier molecular flexibility index (Phi) is 5.38. The lowest BCUT2D eigenvalue weighted by atomic mass is 9.93. The summed E-state index contributed by atoms with van der Waals surface area (Å²) < 4.78 is 3.71. The predicted molar refractivity (Wildman–Crippen MR) is 114 cm³/mol. The maximum Gasteiger partial charge on any atom is 0.262 e. The number of rotatable bonds is 6. The number of hydrogen-bond donors (Lipinski definition) is 1. The largest absolute Gasteiger partial charge is 0.309 e. The van der Waals surface area contributed by atoms with E-state index in [1.165, 1.54) is 21.7 Å². The van der Waals surface area contributed by atoms with Gasteiger partial charge in [0.2, 0.25) is 0 Å². The average Bonchev–Trinajstić information content (AvgIpc) is 3.19. The maximum atomic E-state index is 13.0. The molecule has 0 aliphatic heterocycles. The van der Waals surface area contributed by atoms with Crippen molar-refractivity contribution >= 4 is 21.6 Å². The van der Waals surface area contributed by atoms with Crippen LogP contribution in [0.1, 0.15) is 48.4 Å². The van der Waals surface area contributed by atoms with E-state index in [2.05, 4.69) is 36.2 Å². The number of fused-ring (bicyclic) bond motifs is 3. The molecule has 1 aliphatic rings. The van der Waals surface area contributed by atoms with Crippen LogP contribution < -0.4 is 10.9 Å². The molecule has 0 radical (unpaired) electrons. The van der Waals surface area contributed by atoms with Crippen molar-refractivity contribution in [2.45, 2.75) is 65.6 Å². The van der Waals surface area contributed by atoms with Crippen LogP contribution in [0.5, 0.6) is 0 Å². The highest BCUT2D eigenvalue weighted by Gasteiger charge is 2.25. The summed E-state index contributed by atoms with van der Waals surface area (Å²) in [6.45, 7) is 8.06. The molecular formula is C21H29N5OS. The smallest absolute Gasteiger partial charge is 0.262 e. The Labute approximate surface area is 169 Å². The monoisotopic (exact) mass is 399 g/mol. The average molecular weight is 400 g/mol. The first-order valence-corrected chi connectivity index (χ1v) is 11.0. The number of nitrogens with one attached hydrogen (secondary N) is 1. The van der Waals surface area contributed by atoms with Crippen LogP contribution in [0.4, 0.5) is 0 Å². The van der Waals surface area contributed by atoms with Gasteiger partial charge in [0.25, 0.3) is 5.56 Å². The third-order valence-corrected chi connectivity index (χ3v) is 7.06. The summed E-state index contributed by atoms with van der Waals surface area (Å²) in [7, 11) is 1.98. The van der Waals surface area contributed by atoms with E-state index in [0.717, 1.165) is 49.0 Å². The highest BCUT2D eigenvalue weighted by atomic mass is 32.1. The van der Waals surface area contributed by atoms with Gasteiger partial charge in [0, 0.05) is 42.3 Å². The van der Waals surface area contributed by atoms with Gasteiger partial charge in [-0.1, -0.05) is 13.8 Å². The second-order valence-electron chi connectivity index (χ2n) is 8.31. The van der Waals surface area contributed by atoms with Crippen LogP contribution in [-0.4, -0.2) is 25.4 Å². The van der Waals surface area contributed by atoms with Crippen molar-refractivity contribution in [1.82, 2.24) is 24.6 Å². The van der Waals surface area contributed by atoms with Gasteiger partial charge >= 0.3 is 0 Å². The van der Waals surface area contributed by atoms with Crippen LogP contribution in [0, 0.1) is 12.8 Å². The van der Waals surface area contributed by atoms with E-state index in [9.17, 15) is 4.79 Å². The molecule has 3 heterocycles. The van der Waals surface area contributed by atoms with Gasteiger partial charge in [0.15, 0.2) is 0 Å². The minimum atomic E-state index is 0.139. The summed E-state index contributed by atoms with van der Waals surface area (Å²) in [6.07, 6.45) is 7.65. The molecule has 0 amide bonds. The SMILES string of the molecule is Cc1c(CNC2CCc3c(sc4ncn(CCC(C)C)c(=O)c34)C2)cnn1C. The fourth-order valence-corrected chi connectivity index (χ4v) is 5.16. The molecule has 1 unspecified atom stereocenters. The van der Waals surface area contributed by atoms with Crippen molar-refractivity contribution in [2.75, 3.05) is 0 Å². The van der Waals surface area contributed by atoms with Gasteiger partial charge in [-0.05, 0) is 44.1 Å². The molecule has 3 aromatic heterocycles. The first-order chi connectivity index (χ1) is 13.4. The number of thiophene rings is 1. The second-order valence-corrected chi connectivity index (χ2v) is 9.39. The Bertz CT molecular complexity index is 1050.